The third-order valence-electron chi connectivity index (χ3n) is 6.21. The highest BCUT2D eigenvalue weighted by Gasteiger charge is 2.25. The van der Waals surface area contributed by atoms with Crippen molar-refractivity contribution >= 4 is 22.7 Å². The molecule has 8 nitrogen and oxygen atoms in total. The number of amidine groups is 1. The van der Waals surface area contributed by atoms with Crippen molar-refractivity contribution in [3.8, 4) is 5.88 Å². The Morgan fingerprint density at radius 3 is 2.73 bits per heavy atom. The van der Waals surface area contributed by atoms with Crippen molar-refractivity contribution in [2.75, 3.05) is 19.0 Å². The zero-order chi connectivity index (χ0) is 20.7. The number of aromatic nitrogens is 2. The minimum atomic E-state index is -1.90. The molecule has 30 heavy (non-hydrogen) atoms. The molecule has 0 saturated carbocycles. The van der Waals surface area contributed by atoms with Gasteiger partial charge in [0.15, 0.2) is 11.0 Å². The van der Waals surface area contributed by atoms with Crippen LogP contribution in [0.15, 0.2) is 21.6 Å². The van der Waals surface area contributed by atoms with Gasteiger partial charge in [0.1, 0.15) is 4.90 Å². The van der Waals surface area contributed by atoms with E-state index in [1.807, 2.05) is 0 Å². The first-order chi connectivity index (χ1) is 14.6. The van der Waals surface area contributed by atoms with E-state index in [0.717, 1.165) is 44.2 Å². The molecule has 5 rings (SSSR count). The molecule has 0 fully saturated rings. The van der Waals surface area contributed by atoms with Gasteiger partial charge in [0.2, 0.25) is 5.88 Å². The fraction of sp³-hybridized carbons (Fsp3) is 0.524. The monoisotopic (exact) mass is 429 g/mol. The number of methoxy groups -OCH3 is 1. The predicted octanol–water partition coefficient (Wildman–Crippen LogP) is 1.51. The van der Waals surface area contributed by atoms with Crippen molar-refractivity contribution < 1.29 is 18.8 Å². The maximum absolute atomic E-state index is 12.8. The fourth-order valence-corrected chi connectivity index (χ4v) is 5.48. The Kier molecular flexibility index (Phi) is 5.24. The smallest absolute Gasteiger partial charge is 0.230 e. The summed E-state index contributed by atoms with van der Waals surface area (Å²) >= 11 is 0. The quantitative estimate of drug-likeness (QED) is 0.584. The molecular weight excluding hydrogens is 404 g/mol. The third kappa shape index (κ3) is 3.50. The summed E-state index contributed by atoms with van der Waals surface area (Å²) in [7, 11) is -0.251. The van der Waals surface area contributed by atoms with E-state index in [-0.39, 0.29) is 6.10 Å². The van der Waals surface area contributed by atoms with Gasteiger partial charge in [0.05, 0.1) is 31.5 Å². The molecule has 0 bridgehead atoms. The molecule has 160 valence electrons. The maximum Gasteiger partial charge on any atom is 0.230 e. The highest BCUT2D eigenvalue weighted by molar-refractivity contribution is 7.84. The Hall–Kier alpha value is -2.39. The molecule has 9 heteroatoms. The van der Waals surface area contributed by atoms with E-state index in [4.69, 9.17) is 9.47 Å². The van der Waals surface area contributed by atoms with E-state index in [2.05, 4.69) is 20.9 Å². The Balaban J connectivity index is 1.40. The Bertz CT molecular complexity index is 1000. The molecule has 0 spiro atoms. The summed E-state index contributed by atoms with van der Waals surface area (Å²) in [6, 6.07) is 1.72. The molecule has 1 unspecified atom stereocenters. The summed E-state index contributed by atoms with van der Waals surface area (Å²) in [5.74, 6) is 0.394. The van der Waals surface area contributed by atoms with Crippen LogP contribution in [0.2, 0.25) is 0 Å². The van der Waals surface area contributed by atoms with Crippen LogP contribution >= 0.6 is 0 Å². The van der Waals surface area contributed by atoms with Crippen molar-refractivity contribution in [3.05, 3.63) is 34.5 Å². The molecular formula is C21H25N4O4S-. The van der Waals surface area contributed by atoms with Crippen LogP contribution in [-0.4, -0.2) is 39.8 Å². The van der Waals surface area contributed by atoms with Crippen LogP contribution in [0.3, 0.4) is 0 Å². The number of rotatable bonds is 4. The van der Waals surface area contributed by atoms with Crippen LogP contribution in [0.1, 0.15) is 41.5 Å². The van der Waals surface area contributed by atoms with Crippen LogP contribution in [0.5, 0.6) is 5.88 Å². The lowest BCUT2D eigenvalue weighted by molar-refractivity contribution is -0.213. The first kappa shape index (κ1) is 19.6. The van der Waals surface area contributed by atoms with Crippen LogP contribution in [-0.2, 0) is 48.0 Å². The van der Waals surface area contributed by atoms with Gasteiger partial charge < -0.3 is 19.9 Å². The van der Waals surface area contributed by atoms with Crippen LogP contribution in [0.25, 0.3) is 0 Å². The summed E-state index contributed by atoms with van der Waals surface area (Å²) in [5, 5.41) is 19.9. The number of hydrogen-bond donors (Lipinski definition) is 1. The largest absolute Gasteiger partial charge is 0.845 e. The van der Waals surface area contributed by atoms with Gasteiger partial charge in [0, 0.05) is 19.2 Å². The van der Waals surface area contributed by atoms with Crippen LogP contribution in [0.4, 0.5) is 5.69 Å². The van der Waals surface area contributed by atoms with Gasteiger partial charge in [-0.25, -0.2) is 8.89 Å². The maximum atomic E-state index is 12.8. The Morgan fingerprint density at radius 2 is 2.03 bits per heavy atom. The highest BCUT2D eigenvalue weighted by atomic mass is 32.2. The van der Waals surface area contributed by atoms with Gasteiger partial charge in [-0.2, -0.15) is 9.50 Å². The summed E-state index contributed by atoms with van der Waals surface area (Å²) in [5.41, 5.74) is 6.00. The van der Waals surface area contributed by atoms with Gasteiger partial charge >= 0.3 is 0 Å². The summed E-state index contributed by atoms with van der Waals surface area (Å²) in [6.07, 6.45) is 8.40. The predicted molar refractivity (Wildman–Crippen MR) is 111 cm³/mol. The topological polar surface area (TPSA) is 101 Å². The second-order valence-electron chi connectivity index (χ2n) is 8.00. The Morgan fingerprint density at radius 1 is 1.30 bits per heavy atom. The van der Waals surface area contributed by atoms with Crippen molar-refractivity contribution in [2.45, 2.75) is 62.5 Å². The summed E-state index contributed by atoms with van der Waals surface area (Å²) in [6.45, 7) is 0.945. The molecule has 1 aliphatic heterocycles. The lowest BCUT2D eigenvalue weighted by atomic mass is 9.99. The molecule has 0 radical (unpaired) electrons. The average Bonchev–Trinajstić information content (AvgIpc) is 3.45. The van der Waals surface area contributed by atoms with Gasteiger partial charge in [-0.15, -0.1) is 0 Å². The first-order valence-corrected chi connectivity index (χ1v) is 11.6. The molecule has 0 saturated heterocycles. The van der Waals surface area contributed by atoms with Crippen molar-refractivity contribution in [1.82, 2.24) is 9.78 Å². The molecule has 3 aliphatic rings. The lowest BCUT2D eigenvalue weighted by Crippen LogP contribution is -2.28. The van der Waals surface area contributed by atoms with E-state index >= 15 is 0 Å². The minimum Gasteiger partial charge on any atom is -0.845 e. The molecule has 2 heterocycles. The standard InChI is InChI=1S/C21H26N4O4S/c1-28-15-8-9-29-20-18(11-22-25(20)12-15)30(27)24-21(26)23-19-16-6-2-4-13(16)10-14-5-3-7-17(14)19/h10-11,15H,2-9,12H2,1H3,(H2,23,24,26)/p-1/t15?,30-/m1/s1. The summed E-state index contributed by atoms with van der Waals surface area (Å²) in [4.78, 5) is 0.311. The fourth-order valence-electron chi connectivity index (χ4n) is 4.74. The number of fused-ring (bicyclic) bond motifs is 3. The van der Waals surface area contributed by atoms with E-state index in [1.54, 1.807) is 11.8 Å². The van der Waals surface area contributed by atoms with Crippen LogP contribution < -0.4 is 15.2 Å². The zero-order valence-corrected chi connectivity index (χ0v) is 17.8. The van der Waals surface area contributed by atoms with E-state index in [1.165, 1.54) is 28.5 Å². The number of benzene rings is 1. The van der Waals surface area contributed by atoms with Crippen molar-refractivity contribution in [2.24, 2.45) is 4.40 Å². The van der Waals surface area contributed by atoms with Gasteiger partial charge in [-0.3, -0.25) is 0 Å². The number of nitrogens with zero attached hydrogens (tertiary/aromatic N) is 3. The Labute approximate surface area is 177 Å². The number of anilines is 1. The number of ether oxygens (including phenoxy) is 2. The van der Waals surface area contributed by atoms with Crippen molar-refractivity contribution in [1.29, 1.82) is 0 Å². The molecule has 2 aromatic rings. The molecule has 0 amide bonds. The normalized spacial score (nSPS) is 21.4. The third-order valence-corrected chi connectivity index (χ3v) is 7.19. The molecule has 2 aliphatic carbocycles. The highest BCUT2D eigenvalue weighted by Crippen LogP contribution is 2.38. The first-order valence-electron chi connectivity index (χ1n) is 10.5. The number of hydrogen-bond acceptors (Lipinski definition) is 5. The molecule has 1 aromatic carbocycles. The lowest BCUT2D eigenvalue weighted by Gasteiger charge is -2.20. The minimum absolute atomic E-state index is 0.0186. The zero-order valence-electron chi connectivity index (χ0n) is 17.0. The SMILES string of the molecule is COC1CCOc2c([S@@](=O)/N=C(\[O-])Nc3c4c(cc5c3CCC5)CCC4)cnn2C1. The summed E-state index contributed by atoms with van der Waals surface area (Å²) < 4.78 is 29.5. The van der Waals surface area contributed by atoms with Gasteiger partial charge in [-0.1, -0.05) is 6.07 Å². The van der Waals surface area contributed by atoms with E-state index in [0.29, 0.717) is 30.3 Å². The second kappa shape index (κ2) is 8.03. The van der Waals surface area contributed by atoms with Crippen LogP contribution in [0, 0.1) is 0 Å². The number of aryl methyl sites for hydroxylation is 2. The van der Waals surface area contributed by atoms with E-state index in [9.17, 15) is 9.32 Å². The average molecular weight is 430 g/mol. The van der Waals surface area contributed by atoms with Gasteiger partial charge in [0.25, 0.3) is 0 Å². The second-order valence-corrected chi connectivity index (χ2v) is 9.12. The van der Waals surface area contributed by atoms with Crippen molar-refractivity contribution in [3.63, 3.8) is 0 Å². The van der Waals surface area contributed by atoms with E-state index < -0.39 is 17.0 Å². The van der Waals surface area contributed by atoms with Gasteiger partial charge in [-0.05, 0) is 60.8 Å². The molecule has 2 atom stereocenters. The molecule has 1 N–H and O–H groups in total. The number of nitrogens with one attached hydrogen (secondary N) is 1. The molecule has 1 aromatic heterocycles.